The highest BCUT2D eigenvalue weighted by molar-refractivity contribution is 5.36. The van der Waals surface area contributed by atoms with Crippen LogP contribution in [0.5, 0.6) is 5.88 Å². The Hall–Kier alpha value is -1.69. The molecule has 1 saturated heterocycles. The van der Waals surface area contributed by atoms with Gasteiger partial charge in [-0.3, -0.25) is 10.1 Å². The predicted molar refractivity (Wildman–Crippen MR) is 62.1 cm³/mol. The van der Waals surface area contributed by atoms with Crippen LogP contribution in [-0.2, 0) is 0 Å². The third kappa shape index (κ3) is 2.91. The molecule has 6 nitrogen and oxygen atoms in total. The molecule has 2 rings (SSSR count). The Morgan fingerprint density at radius 3 is 3.00 bits per heavy atom. The number of pyridine rings is 1. The van der Waals surface area contributed by atoms with Crippen molar-refractivity contribution in [3.63, 3.8) is 0 Å². The standard InChI is InChI=1S/C11H15N3O3/c1-8-10(14(15)16)4-5-11(13-8)17-9-3-2-6-12-7-9/h4-5,9,12H,2-3,6-7H2,1H3/t9-/m0/s1. The molecule has 0 aromatic carbocycles. The zero-order valence-electron chi connectivity index (χ0n) is 9.68. The van der Waals surface area contributed by atoms with Gasteiger partial charge in [0.2, 0.25) is 5.88 Å². The fourth-order valence-corrected chi connectivity index (χ4v) is 1.88. The van der Waals surface area contributed by atoms with E-state index in [1.54, 1.807) is 13.0 Å². The van der Waals surface area contributed by atoms with E-state index >= 15 is 0 Å². The average molecular weight is 237 g/mol. The van der Waals surface area contributed by atoms with E-state index in [9.17, 15) is 10.1 Å². The van der Waals surface area contributed by atoms with Gasteiger partial charge in [-0.05, 0) is 26.3 Å². The lowest BCUT2D eigenvalue weighted by Crippen LogP contribution is -2.37. The number of rotatable bonds is 3. The van der Waals surface area contributed by atoms with Gasteiger partial charge in [0.25, 0.3) is 5.69 Å². The van der Waals surface area contributed by atoms with Crippen molar-refractivity contribution < 1.29 is 9.66 Å². The summed E-state index contributed by atoms with van der Waals surface area (Å²) in [6, 6.07) is 2.99. The Kier molecular flexibility index (Phi) is 3.53. The maximum Gasteiger partial charge on any atom is 0.290 e. The number of hydrogen-bond acceptors (Lipinski definition) is 5. The molecule has 0 spiro atoms. The first-order valence-corrected chi connectivity index (χ1v) is 5.66. The van der Waals surface area contributed by atoms with Crippen LogP contribution in [-0.4, -0.2) is 29.1 Å². The quantitative estimate of drug-likeness (QED) is 0.635. The molecule has 0 bridgehead atoms. The molecule has 1 aliphatic heterocycles. The lowest BCUT2D eigenvalue weighted by atomic mass is 10.1. The van der Waals surface area contributed by atoms with Gasteiger partial charge in [-0.25, -0.2) is 4.98 Å². The fraction of sp³-hybridized carbons (Fsp3) is 0.545. The van der Waals surface area contributed by atoms with E-state index in [0.29, 0.717) is 11.6 Å². The van der Waals surface area contributed by atoms with Crippen LogP contribution in [0, 0.1) is 17.0 Å². The van der Waals surface area contributed by atoms with Crippen LogP contribution in [0.1, 0.15) is 18.5 Å². The van der Waals surface area contributed by atoms with Crippen molar-refractivity contribution in [3.8, 4) is 5.88 Å². The summed E-state index contributed by atoms with van der Waals surface area (Å²) in [4.78, 5) is 14.3. The van der Waals surface area contributed by atoms with Crippen molar-refractivity contribution in [3.05, 3.63) is 27.9 Å². The van der Waals surface area contributed by atoms with Crippen LogP contribution in [0.15, 0.2) is 12.1 Å². The molecule has 2 heterocycles. The summed E-state index contributed by atoms with van der Waals surface area (Å²) < 4.78 is 5.67. The van der Waals surface area contributed by atoms with Crippen LogP contribution < -0.4 is 10.1 Å². The van der Waals surface area contributed by atoms with E-state index in [1.165, 1.54) is 6.07 Å². The van der Waals surface area contributed by atoms with Gasteiger partial charge in [-0.1, -0.05) is 0 Å². The van der Waals surface area contributed by atoms with Gasteiger partial charge in [-0.15, -0.1) is 0 Å². The van der Waals surface area contributed by atoms with E-state index in [-0.39, 0.29) is 11.8 Å². The van der Waals surface area contributed by atoms with E-state index in [0.717, 1.165) is 25.9 Å². The number of nitrogens with one attached hydrogen (secondary N) is 1. The van der Waals surface area contributed by atoms with Crippen molar-refractivity contribution in [2.75, 3.05) is 13.1 Å². The Labute approximate surface area is 99.2 Å². The molecule has 1 aromatic rings. The van der Waals surface area contributed by atoms with Crippen molar-refractivity contribution in [2.45, 2.75) is 25.9 Å². The second kappa shape index (κ2) is 5.09. The van der Waals surface area contributed by atoms with E-state index in [1.807, 2.05) is 0 Å². The summed E-state index contributed by atoms with van der Waals surface area (Å²) in [5, 5.41) is 13.9. The topological polar surface area (TPSA) is 77.3 Å². The van der Waals surface area contributed by atoms with Gasteiger partial charge in [0.05, 0.1) is 4.92 Å². The summed E-state index contributed by atoms with van der Waals surface area (Å²) in [5.74, 6) is 0.460. The maximum absolute atomic E-state index is 10.6. The molecule has 1 atom stereocenters. The van der Waals surface area contributed by atoms with Gasteiger partial charge >= 0.3 is 0 Å². The van der Waals surface area contributed by atoms with Crippen molar-refractivity contribution in [2.24, 2.45) is 0 Å². The van der Waals surface area contributed by atoms with Crippen molar-refractivity contribution in [1.82, 2.24) is 10.3 Å². The van der Waals surface area contributed by atoms with Gasteiger partial charge in [0, 0.05) is 18.7 Å². The minimum Gasteiger partial charge on any atom is -0.473 e. The molecule has 1 aromatic heterocycles. The van der Waals surface area contributed by atoms with Crippen molar-refractivity contribution in [1.29, 1.82) is 0 Å². The van der Waals surface area contributed by atoms with Crippen LogP contribution in [0.25, 0.3) is 0 Å². The minimum absolute atomic E-state index is 0.0270. The number of piperidine rings is 1. The molecule has 0 aliphatic carbocycles. The molecule has 17 heavy (non-hydrogen) atoms. The molecule has 6 heteroatoms. The lowest BCUT2D eigenvalue weighted by Gasteiger charge is -2.23. The van der Waals surface area contributed by atoms with E-state index < -0.39 is 4.92 Å². The average Bonchev–Trinajstić information content (AvgIpc) is 2.30. The second-order valence-electron chi connectivity index (χ2n) is 4.10. The first-order chi connectivity index (χ1) is 8.16. The largest absolute Gasteiger partial charge is 0.473 e. The Balaban J connectivity index is 2.06. The number of nitro groups is 1. The molecule has 1 N–H and O–H groups in total. The monoisotopic (exact) mass is 237 g/mol. The summed E-state index contributed by atoms with van der Waals surface area (Å²) in [7, 11) is 0. The number of aromatic nitrogens is 1. The van der Waals surface area contributed by atoms with Gasteiger partial charge in [0.15, 0.2) is 0 Å². The Bertz CT molecular complexity index is 416. The zero-order valence-corrected chi connectivity index (χ0v) is 9.68. The Morgan fingerprint density at radius 1 is 1.59 bits per heavy atom. The molecule has 0 radical (unpaired) electrons. The third-order valence-corrected chi connectivity index (χ3v) is 2.77. The van der Waals surface area contributed by atoms with Crippen LogP contribution in [0.2, 0.25) is 0 Å². The maximum atomic E-state index is 10.6. The Morgan fingerprint density at radius 2 is 2.41 bits per heavy atom. The first-order valence-electron chi connectivity index (χ1n) is 5.66. The zero-order chi connectivity index (χ0) is 12.3. The number of nitrogens with zero attached hydrogens (tertiary/aromatic N) is 2. The summed E-state index contributed by atoms with van der Waals surface area (Å²) >= 11 is 0. The normalized spacial score (nSPS) is 19.9. The molecule has 1 fully saturated rings. The molecule has 0 amide bonds. The first kappa shape index (κ1) is 11.8. The fourth-order valence-electron chi connectivity index (χ4n) is 1.88. The van der Waals surface area contributed by atoms with Crippen LogP contribution in [0.4, 0.5) is 5.69 Å². The molecular weight excluding hydrogens is 222 g/mol. The second-order valence-corrected chi connectivity index (χ2v) is 4.10. The molecule has 92 valence electrons. The predicted octanol–water partition coefficient (Wildman–Crippen LogP) is 1.43. The molecule has 1 aliphatic rings. The SMILES string of the molecule is Cc1nc(O[C@H]2CCCNC2)ccc1[N+](=O)[O-]. The third-order valence-electron chi connectivity index (χ3n) is 2.77. The smallest absolute Gasteiger partial charge is 0.290 e. The molecule has 0 unspecified atom stereocenters. The van der Waals surface area contributed by atoms with Crippen LogP contribution >= 0.6 is 0 Å². The highest BCUT2D eigenvalue weighted by Gasteiger charge is 2.17. The van der Waals surface area contributed by atoms with Gasteiger partial charge in [0.1, 0.15) is 11.8 Å². The molecule has 0 saturated carbocycles. The molecular formula is C11H15N3O3. The van der Waals surface area contributed by atoms with Crippen molar-refractivity contribution >= 4 is 5.69 Å². The summed E-state index contributed by atoms with van der Waals surface area (Å²) in [6.07, 6.45) is 2.18. The number of hydrogen-bond donors (Lipinski definition) is 1. The summed E-state index contributed by atoms with van der Waals surface area (Å²) in [6.45, 7) is 3.44. The van der Waals surface area contributed by atoms with E-state index in [4.69, 9.17) is 4.74 Å². The number of aryl methyl sites for hydroxylation is 1. The van der Waals surface area contributed by atoms with Gasteiger partial charge < -0.3 is 10.1 Å². The van der Waals surface area contributed by atoms with E-state index in [2.05, 4.69) is 10.3 Å². The number of ether oxygens (including phenoxy) is 1. The highest BCUT2D eigenvalue weighted by Crippen LogP contribution is 2.20. The van der Waals surface area contributed by atoms with Gasteiger partial charge in [-0.2, -0.15) is 0 Å². The summed E-state index contributed by atoms with van der Waals surface area (Å²) in [5.41, 5.74) is 0.412. The highest BCUT2D eigenvalue weighted by atomic mass is 16.6. The van der Waals surface area contributed by atoms with Crippen LogP contribution in [0.3, 0.4) is 0 Å². The minimum atomic E-state index is -0.436. The lowest BCUT2D eigenvalue weighted by molar-refractivity contribution is -0.385.